The summed E-state index contributed by atoms with van der Waals surface area (Å²) in [7, 11) is 1.56. The molecule has 0 radical (unpaired) electrons. The number of rotatable bonds is 8. The Labute approximate surface area is 163 Å². The minimum atomic E-state index is -0.484. The molecule has 1 heterocycles. The van der Waals surface area contributed by atoms with Crippen molar-refractivity contribution in [3.63, 3.8) is 0 Å². The number of aliphatic imine (C=N–C) groups is 1. The van der Waals surface area contributed by atoms with Crippen molar-refractivity contribution in [3.8, 4) is 5.75 Å². The fourth-order valence-electron chi connectivity index (χ4n) is 2.76. The van der Waals surface area contributed by atoms with E-state index in [0.29, 0.717) is 17.2 Å². The van der Waals surface area contributed by atoms with Crippen LogP contribution in [-0.2, 0) is 24.8 Å². The number of hydrogen-bond donors (Lipinski definition) is 1. The Balaban J connectivity index is 2.31. The Morgan fingerprint density at radius 2 is 2.00 bits per heavy atom. The number of aromatic nitrogens is 2. The third kappa shape index (κ3) is 5.17. The van der Waals surface area contributed by atoms with Crippen LogP contribution in [0.3, 0.4) is 0 Å². The molecular formula is C20H27N3O5. The van der Waals surface area contributed by atoms with Crippen LogP contribution >= 0.6 is 0 Å². The van der Waals surface area contributed by atoms with Crippen molar-refractivity contribution in [2.75, 3.05) is 19.8 Å². The van der Waals surface area contributed by atoms with Crippen molar-refractivity contribution >= 4 is 11.7 Å². The second-order valence-corrected chi connectivity index (χ2v) is 6.32. The molecule has 0 bridgehead atoms. The summed E-state index contributed by atoms with van der Waals surface area (Å²) in [5, 5.41) is 8.73. The number of aryl methyl sites for hydroxylation is 1. The quantitative estimate of drug-likeness (QED) is 0.420. The highest BCUT2D eigenvalue weighted by Crippen LogP contribution is 2.17. The zero-order chi connectivity index (χ0) is 20.7. The molecule has 0 saturated heterocycles. The van der Waals surface area contributed by atoms with E-state index in [9.17, 15) is 9.59 Å². The van der Waals surface area contributed by atoms with Crippen molar-refractivity contribution in [3.05, 3.63) is 56.2 Å². The summed E-state index contributed by atoms with van der Waals surface area (Å²) in [5.74, 6) is 1.24. The summed E-state index contributed by atoms with van der Waals surface area (Å²) in [6.45, 7) is 5.67. The minimum Gasteiger partial charge on any atom is -0.443 e. The monoisotopic (exact) mass is 389 g/mol. The van der Waals surface area contributed by atoms with E-state index in [4.69, 9.17) is 14.6 Å². The fourth-order valence-corrected chi connectivity index (χ4v) is 2.76. The number of nitrogens with zero attached hydrogens (tertiary/aromatic N) is 3. The van der Waals surface area contributed by atoms with Crippen molar-refractivity contribution in [2.24, 2.45) is 12.0 Å². The Kier molecular flexibility index (Phi) is 7.71. The first kappa shape index (κ1) is 21.6. The number of aliphatic hydroxyl groups excluding tert-OH is 1. The lowest BCUT2D eigenvalue weighted by Crippen LogP contribution is -2.41. The van der Waals surface area contributed by atoms with Crippen LogP contribution in [0.25, 0.3) is 0 Å². The molecule has 2 aromatic rings. The van der Waals surface area contributed by atoms with Crippen LogP contribution in [0.15, 0.2) is 38.8 Å². The number of ether oxygens (including phenoxy) is 2. The number of benzene rings is 1. The highest BCUT2D eigenvalue weighted by atomic mass is 16.5. The fraction of sp³-hybridized carbons (Fsp3) is 0.450. The van der Waals surface area contributed by atoms with E-state index in [2.05, 4.69) is 11.9 Å². The SMILES string of the molecule is CCc1cccc(OC(C)=Nc2c(C)c(=O)n(CCOCCO)c(=O)n2C)c1. The maximum atomic E-state index is 12.6. The van der Waals surface area contributed by atoms with Crippen molar-refractivity contribution in [1.29, 1.82) is 0 Å². The van der Waals surface area contributed by atoms with Gasteiger partial charge in [0.2, 0.25) is 0 Å². The summed E-state index contributed by atoms with van der Waals surface area (Å²) >= 11 is 0. The molecule has 1 N–H and O–H groups in total. The Hall–Kier alpha value is -2.71. The van der Waals surface area contributed by atoms with Gasteiger partial charge in [0, 0.05) is 14.0 Å². The standard InChI is InChI=1S/C20H27N3O5/c1-5-16-7-6-8-17(13-16)28-15(3)21-18-14(2)19(25)23(20(26)22(18)4)9-11-27-12-10-24/h6-8,13,24H,5,9-12H2,1-4H3. The molecule has 0 atom stereocenters. The van der Waals surface area contributed by atoms with Crippen LogP contribution in [0.2, 0.25) is 0 Å². The Morgan fingerprint density at radius 1 is 1.25 bits per heavy atom. The normalized spacial score (nSPS) is 11.7. The third-order valence-corrected chi connectivity index (χ3v) is 4.27. The molecule has 0 spiro atoms. The second-order valence-electron chi connectivity index (χ2n) is 6.32. The van der Waals surface area contributed by atoms with Gasteiger partial charge in [-0.3, -0.25) is 13.9 Å². The lowest BCUT2D eigenvalue weighted by atomic mass is 10.2. The van der Waals surface area contributed by atoms with Gasteiger partial charge in [-0.25, -0.2) is 4.79 Å². The van der Waals surface area contributed by atoms with Gasteiger partial charge in [0.15, 0.2) is 5.90 Å². The minimum absolute atomic E-state index is 0.107. The van der Waals surface area contributed by atoms with E-state index in [-0.39, 0.29) is 32.2 Å². The first-order chi connectivity index (χ1) is 13.4. The first-order valence-electron chi connectivity index (χ1n) is 9.20. The predicted octanol–water partition coefficient (Wildman–Crippen LogP) is 1.56. The molecule has 1 aromatic carbocycles. The summed E-state index contributed by atoms with van der Waals surface area (Å²) in [4.78, 5) is 29.5. The molecule has 2 rings (SSSR count). The van der Waals surface area contributed by atoms with Gasteiger partial charge in [0.25, 0.3) is 5.56 Å². The number of aliphatic hydroxyl groups is 1. The molecule has 0 aliphatic rings. The molecule has 152 valence electrons. The van der Waals surface area contributed by atoms with E-state index >= 15 is 0 Å². The van der Waals surface area contributed by atoms with E-state index < -0.39 is 11.2 Å². The number of hydrogen-bond acceptors (Lipinski definition) is 6. The van der Waals surface area contributed by atoms with Crippen LogP contribution < -0.4 is 16.0 Å². The van der Waals surface area contributed by atoms with Gasteiger partial charge in [-0.1, -0.05) is 19.1 Å². The lowest BCUT2D eigenvalue weighted by Gasteiger charge is -2.13. The average Bonchev–Trinajstić information content (AvgIpc) is 2.69. The molecule has 0 aliphatic heterocycles. The van der Waals surface area contributed by atoms with Gasteiger partial charge >= 0.3 is 5.69 Å². The summed E-state index contributed by atoms with van der Waals surface area (Å²) in [6.07, 6.45) is 0.890. The van der Waals surface area contributed by atoms with Crippen LogP contribution in [0.1, 0.15) is 25.0 Å². The maximum Gasteiger partial charge on any atom is 0.332 e. The Morgan fingerprint density at radius 3 is 2.68 bits per heavy atom. The van der Waals surface area contributed by atoms with Crippen molar-refractivity contribution in [2.45, 2.75) is 33.7 Å². The zero-order valence-electron chi connectivity index (χ0n) is 16.8. The highest BCUT2D eigenvalue weighted by molar-refractivity contribution is 5.78. The molecule has 0 fully saturated rings. The highest BCUT2D eigenvalue weighted by Gasteiger charge is 2.14. The van der Waals surface area contributed by atoms with Crippen LogP contribution in [0.5, 0.6) is 5.75 Å². The molecule has 0 saturated carbocycles. The lowest BCUT2D eigenvalue weighted by molar-refractivity contribution is 0.0857. The van der Waals surface area contributed by atoms with Gasteiger partial charge in [0.1, 0.15) is 11.6 Å². The van der Waals surface area contributed by atoms with Gasteiger partial charge < -0.3 is 14.6 Å². The molecular weight excluding hydrogens is 362 g/mol. The Bertz CT molecular complexity index is 922. The van der Waals surface area contributed by atoms with Gasteiger partial charge in [-0.15, -0.1) is 0 Å². The molecule has 8 heteroatoms. The average molecular weight is 389 g/mol. The topological polar surface area (TPSA) is 95.1 Å². The molecule has 0 unspecified atom stereocenters. The molecule has 1 aromatic heterocycles. The van der Waals surface area contributed by atoms with Crippen LogP contribution in [-0.4, -0.2) is 40.0 Å². The molecule has 0 amide bonds. The molecule has 0 aliphatic carbocycles. The van der Waals surface area contributed by atoms with E-state index in [1.807, 2.05) is 24.3 Å². The van der Waals surface area contributed by atoms with Gasteiger partial charge in [-0.05, 0) is 31.0 Å². The zero-order valence-corrected chi connectivity index (χ0v) is 16.8. The summed E-state index contributed by atoms with van der Waals surface area (Å²) in [6, 6.07) is 7.67. The van der Waals surface area contributed by atoms with Crippen molar-refractivity contribution in [1.82, 2.24) is 9.13 Å². The van der Waals surface area contributed by atoms with E-state index in [1.54, 1.807) is 20.9 Å². The van der Waals surface area contributed by atoms with Gasteiger partial charge in [-0.2, -0.15) is 4.99 Å². The van der Waals surface area contributed by atoms with Crippen LogP contribution in [0, 0.1) is 6.92 Å². The second kappa shape index (κ2) is 10.0. The van der Waals surface area contributed by atoms with Crippen molar-refractivity contribution < 1.29 is 14.6 Å². The summed E-state index contributed by atoms with van der Waals surface area (Å²) < 4.78 is 13.3. The first-order valence-corrected chi connectivity index (χ1v) is 9.20. The van der Waals surface area contributed by atoms with Gasteiger partial charge in [0.05, 0.1) is 31.9 Å². The molecule has 28 heavy (non-hydrogen) atoms. The van der Waals surface area contributed by atoms with Crippen LogP contribution in [0.4, 0.5) is 5.82 Å². The predicted molar refractivity (Wildman–Crippen MR) is 108 cm³/mol. The third-order valence-electron chi connectivity index (χ3n) is 4.27. The summed E-state index contributed by atoms with van der Waals surface area (Å²) in [5.41, 5.74) is 0.576. The smallest absolute Gasteiger partial charge is 0.332 e. The van der Waals surface area contributed by atoms with E-state index in [0.717, 1.165) is 16.6 Å². The maximum absolute atomic E-state index is 12.6. The molecule has 8 nitrogen and oxygen atoms in total. The largest absolute Gasteiger partial charge is 0.443 e. The van der Waals surface area contributed by atoms with E-state index in [1.165, 1.54) is 4.57 Å².